The highest BCUT2D eigenvalue weighted by atomic mass is 15.1. The number of hydrogen-bond donors (Lipinski definition) is 0. The molecule has 1 fully saturated rings. The van der Waals surface area contributed by atoms with E-state index in [9.17, 15) is 0 Å². The van der Waals surface area contributed by atoms with Gasteiger partial charge in [-0.1, -0.05) is 59.3 Å². The fourth-order valence-corrected chi connectivity index (χ4v) is 3.26. The van der Waals surface area contributed by atoms with Crippen molar-refractivity contribution in [2.45, 2.75) is 72.1 Å². The second kappa shape index (κ2) is 8.97. The minimum Gasteiger partial charge on any atom is -0.303 e. The molecule has 0 aromatic carbocycles. The summed E-state index contributed by atoms with van der Waals surface area (Å²) >= 11 is 0. The molecule has 0 radical (unpaired) electrons. The van der Waals surface area contributed by atoms with Crippen molar-refractivity contribution >= 4 is 0 Å². The summed E-state index contributed by atoms with van der Waals surface area (Å²) in [5.74, 6) is 2.02. The van der Waals surface area contributed by atoms with Crippen LogP contribution in [0.4, 0.5) is 0 Å². The first-order valence-electron chi connectivity index (χ1n) is 8.04. The first kappa shape index (κ1) is 15.0. The molecule has 0 aromatic heterocycles. The summed E-state index contributed by atoms with van der Waals surface area (Å²) in [6, 6.07) is 0. The summed E-state index contributed by atoms with van der Waals surface area (Å²) in [4.78, 5) is 2.67. The Morgan fingerprint density at radius 3 is 1.59 bits per heavy atom. The van der Waals surface area contributed by atoms with Gasteiger partial charge >= 0.3 is 0 Å². The van der Waals surface area contributed by atoms with Gasteiger partial charge in [-0.15, -0.1) is 0 Å². The summed E-state index contributed by atoms with van der Waals surface area (Å²) in [5.41, 5.74) is 0. The number of likely N-dealkylation sites (tertiary alicyclic amines) is 1. The molecule has 0 amide bonds. The average Bonchev–Trinajstić information content (AvgIpc) is 2.73. The Bertz CT molecular complexity index is 160. The van der Waals surface area contributed by atoms with Gasteiger partial charge in [-0.05, 0) is 31.2 Å². The van der Waals surface area contributed by atoms with Gasteiger partial charge in [-0.3, -0.25) is 0 Å². The number of rotatable bonds is 9. The Morgan fingerprint density at radius 1 is 0.765 bits per heavy atom. The van der Waals surface area contributed by atoms with Gasteiger partial charge < -0.3 is 4.90 Å². The van der Waals surface area contributed by atoms with Gasteiger partial charge in [-0.25, -0.2) is 0 Å². The molecular weight excluding hydrogens is 206 g/mol. The molecule has 1 rings (SSSR count). The third kappa shape index (κ3) is 5.42. The summed E-state index contributed by atoms with van der Waals surface area (Å²) in [6.45, 7) is 11.0. The predicted octanol–water partition coefficient (Wildman–Crippen LogP) is 4.71. The van der Waals surface area contributed by atoms with Gasteiger partial charge in [-0.2, -0.15) is 0 Å². The normalized spacial score (nSPS) is 25.6. The summed E-state index contributed by atoms with van der Waals surface area (Å²) in [5, 5.41) is 0. The van der Waals surface area contributed by atoms with Gasteiger partial charge in [0.1, 0.15) is 0 Å². The van der Waals surface area contributed by atoms with Crippen LogP contribution in [0, 0.1) is 11.8 Å². The lowest BCUT2D eigenvalue weighted by Gasteiger charge is -2.18. The Labute approximate surface area is 109 Å². The molecule has 102 valence electrons. The highest BCUT2D eigenvalue weighted by Gasteiger charge is 2.30. The molecule has 1 heterocycles. The number of unbranched alkanes of at least 4 members (excludes halogenated alkanes) is 4. The third-order valence-electron chi connectivity index (χ3n) is 4.46. The van der Waals surface area contributed by atoms with E-state index in [4.69, 9.17) is 0 Å². The lowest BCUT2D eigenvalue weighted by atomic mass is 9.87. The van der Waals surface area contributed by atoms with Gasteiger partial charge in [0.05, 0.1) is 0 Å². The first-order valence-corrected chi connectivity index (χ1v) is 8.04. The molecule has 1 aliphatic rings. The van der Waals surface area contributed by atoms with E-state index in [1.807, 2.05) is 0 Å². The van der Waals surface area contributed by atoms with Crippen LogP contribution >= 0.6 is 0 Å². The maximum atomic E-state index is 2.67. The minimum atomic E-state index is 1.01. The van der Waals surface area contributed by atoms with E-state index in [1.54, 1.807) is 0 Å². The molecule has 17 heavy (non-hydrogen) atoms. The number of nitrogens with zero attached hydrogens (tertiary/aromatic N) is 1. The smallest absolute Gasteiger partial charge is 0.00128 e. The molecule has 0 N–H and O–H groups in total. The van der Waals surface area contributed by atoms with Gasteiger partial charge in [0.2, 0.25) is 0 Å². The van der Waals surface area contributed by atoms with E-state index in [0.717, 1.165) is 11.8 Å². The van der Waals surface area contributed by atoms with Crippen LogP contribution in [0.2, 0.25) is 0 Å². The molecule has 1 aliphatic heterocycles. The van der Waals surface area contributed by atoms with Gasteiger partial charge in [0, 0.05) is 13.1 Å². The van der Waals surface area contributed by atoms with Gasteiger partial charge in [0.25, 0.3) is 0 Å². The summed E-state index contributed by atoms with van der Waals surface area (Å²) in [7, 11) is 0. The molecule has 1 heteroatoms. The molecule has 0 aromatic rings. The van der Waals surface area contributed by atoms with E-state index in [-0.39, 0.29) is 0 Å². The number of hydrogen-bond acceptors (Lipinski definition) is 1. The maximum absolute atomic E-state index is 2.67. The molecule has 0 bridgehead atoms. The third-order valence-corrected chi connectivity index (χ3v) is 4.46. The van der Waals surface area contributed by atoms with Crippen molar-refractivity contribution in [1.29, 1.82) is 0 Å². The maximum Gasteiger partial charge on any atom is 0.00128 e. The second-order valence-electron chi connectivity index (χ2n) is 5.86. The molecule has 0 saturated carbocycles. The van der Waals surface area contributed by atoms with E-state index < -0.39 is 0 Å². The monoisotopic (exact) mass is 239 g/mol. The molecule has 0 unspecified atom stereocenters. The summed E-state index contributed by atoms with van der Waals surface area (Å²) < 4.78 is 0. The van der Waals surface area contributed by atoms with Crippen LogP contribution in [0.5, 0.6) is 0 Å². The van der Waals surface area contributed by atoms with Crippen LogP contribution in [0.25, 0.3) is 0 Å². The van der Waals surface area contributed by atoms with Crippen LogP contribution in [-0.4, -0.2) is 24.5 Å². The van der Waals surface area contributed by atoms with E-state index in [0.29, 0.717) is 0 Å². The zero-order chi connectivity index (χ0) is 12.5. The van der Waals surface area contributed by atoms with Crippen LogP contribution < -0.4 is 0 Å². The SMILES string of the molecule is CCCCC[C@H]1CN(CC)C[C@@H]1CCCCC. The molecule has 1 saturated heterocycles. The topological polar surface area (TPSA) is 3.24 Å². The zero-order valence-electron chi connectivity index (χ0n) is 12.4. The minimum absolute atomic E-state index is 1.01. The Balaban J connectivity index is 2.29. The lowest BCUT2D eigenvalue weighted by Crippen LogP contribution is -2.20. The van der Waals surface area contributed by atoms with E-state index in [1.165, 1.54) is 71.0 Å². The highest BCUT2D eigenvalue weighted by molar-refractivity contribution is 4.83. The molecule has 2 atom stereocenters. The second-order valence-corrected chi connectivity index (χ2v) is 5.86. The Morgan fingerprint density at radius 2 is 1.24 bits per heavy atom. The van der Waals surface area contributed by atoms with Crippen molar-refractivity contribution in [3.05, 3.63) is 0 Å². The van der Waals surface area contributed by atoms with Crippen LogP contribution in [0.3, 0.4) is 0 Å². The highest BCUT2D eigenvalue weighted by Crippen LogP contribution is 2.31. The van der Waals surface area contributed by atoms with Crippen molar-refractivity contribution in [2.24, 2.45) is 11.8 Å². The Kier molecular flexibility index (Phi) is 7.92. The van der Waals surface area contributed by atoms with Crippen LogP contribution in [0.1, 0.15) is 72.1 Å². The van der Waals surface area contributed by atoms with Crippen molar-refractivity contribution in [2.75, 3.05) is 19.6 Å². The predicted molar refractivity (Wildman–Crippen MR) is 77.4 cm³/mol. The summed E-state index contributed by atoms with van der Waals surface area (Å²) in [6.07, 6.45) is 11.5. The molecule has 1 nitrogen and oxygen atoms in total. The lowest BCUT2D eigenvalue weighted by molar-refractivity contribution is 0.334. The van der Waals surface area contributed by atoms with Crippen molar-refractivity contribution in [3.8, 4) is 0 Å². The largest absolute Gasteiger partial charge is 0.303 e. The van der Waals surface area contributed by atoms with Crippen molar-refractivity contribution in [1.82, 2.24) is 4.90 Å². The molecule has 0 spiro atoms. The van der Waals surface area contributed by atoms with Crippen LogP contribution in [-0.2, 0) is 0 Å². The zero-order valence-corrected chi connectivity index (χ0v) is 12.4. The van der Waals surface area contributed by atoms with E-state index in [2.05, 4.69) is 25.7 Å². The fraction of sp³-hybridized carbons (Fsp3) is 1.00. The van der Waals surface area contributed by atoms with Crippen molar-refractivity contribution in [3.63, 3.8) is 0 Å². The average molecular weight is 239 g/mol. The van der Waals surface area contributed by atoms with Gasteiger partial charge in [0.15, 0.2) is 0 Å². The fourth-order valence-electron chi connectivity index (χ4n) is 3.26. The quantitative estimate of drug-likeness (QED) is 0.526. The molecule has 0 aliphatic carbocycles. The standard InChI is InChI=1S/C16H33N/c1-4-7-9-11-15-13-17(6-3)14-16(15)12-10-8-5-2/h15-16H,4-14H2,1-3H3/t15-,16-/m0/s1. The van der Waals surface area contributed by atoms with Crippen LogP contribution in [0.15, 0.2) is 0 Å². The van der Waals surface area contributed by atoms with E-state index >= 15 is 0 Å². The first-order chi connectivity index (χ1) is 8.31. The molecular formula is C16H33N. The van der Waals surface area contributed by atoms with Crippen molar-refractivity contribution < 1.29 is 0 Å². The Hall–Kier alpha value is -0.0400.